The van der Waals surface area contributed by atoms with Crippen molar-refractivity contribution in [1.29, 1.82) is 0 Å². The van der Waals surface area contributed by atoms with E-state index in [1.54, 1.807) is 30.3 Å². The van der Waals surface area contributed by atoms with Crippen LogP contribution in [0.4, 0.5) is 0 Å². The number of rotatable bonds is 6. The average Bonchev–Trinajstić information content (AvgIpc) is 3.19. The van der Waals surface area contributed by atoms with Crippen molar-refractivity contribution in [3.05, 3.63) is 71.3 Å². The number of aryl methyl sites for hydroxylation is 1. The quantitative estimate of drug-likeness (QED) is 0.813. The van der Waals surface area contributed by atoms with Crippen LogP contribution in [0.3, 0.4) is 0 Å². The van der Waals surface area contributed by atoms with E-state index >= 15 is 0 Å². The first kappa shape index (κ1) is 19.6. The number of aliphatic carboxylic acids is 1. The number of carbonyl (C=O) groups excluding carboxylic acids is 3. The summed E-state index contributed by atoms with van der Waals surface area (Å²) in [5.74, 6) is -2.01. The van der Waals surface area contributed by atoms with Crippen LogP contribution in [0.5, 0.6) is 0 Å². The molecule has 2 aromatic rings. The highest BCUT2D eigenvalue weighted by Crippen LogP contribution is 2.19. The Kier molecular flexibility index (Phi) is 6.09. The van der Waals surface area contributed by atoms with Crippen molar-refractivity contribution in [1.82, 2.24) is 10.2 Å². The van der Waals surface area contributed by atoms with Crippen molar-refractivity contribution in [2.75, 3.05) is 6.54 Å². The van der Waals surface area contributed by atoms with Crippen LogP contribution >= 0.6 is 0 Å². The van der Waals surface area contributed by atoms with Crippen molar-refractivity contribution in [3.63, 3.8) is 0 Å². The molecule has 2 aromatic carbocycles. The molecule has 0 bridgehead atoms. The molecular formula is C22H23N2O4-. The second-order valence-corrected chi connectivity index (χ2v) is 7.09. The molecule has 1 N–H and O–H groups in total. The number of benzene rings is 2. The Morgan fingerprint density at radius 2 is 1.79 bits per heavy atom. The van der Waals surface area contributed by atoms with E-state index in [-0.39, 0.29) is 12.3 Å². The molecule has 1 saturated heterocycles. The molecule has 6 nitrogen and oxygen atoms in total. The maximum Gasteiger partial charge on any atom is 0.251 e. The summed E-state index contributed by atoms with van der Waals surface area (Å²) in [5, 5.41) is 14.2. The van der Waals surface area contributed by atoms with Crippen molar-refractivity contribution in [3.8, 4) is 0 Å². The van der Waals surface area contributed by atoms with Crippen LogP contribution in [0.2, 0.25) is 0 Å². The fourth-order valence-electron chi connectivity index (χ4n) is 3.47. The fourth-order valence-corrected chi connectivity index (χ4v) is 3.47. The third kappa shape index (κ3) is 4.57. The zero-order chi connectivity index (χ0) is 20.1. The molecule has 0 aliphatic carbocycles. The Labute approximate surface area is 164 Å². The molecule has 146 valence electrons. The molecule has 2 amide bonds. The fraction of sp³-hybridized carbons (Fsp3) is 0.318. The molecule has 3 rings (SSSR count). The lowest BCUT2D eigenvalue weighted by Gasteiger charge is -2.30. The largest absolute Gasteiger partial charge is 0.548 e. The summed E-state index contributed by atoms with van der Waals surface area (Å²) in [4.78, 5) is 38.4. The Morgan fingerprint density at radius 1 is 1.11 bits per heavy atom. The van der Waals surface area contributed by atoms with Gasteiger partial charge in [0.25, 0.3) is 5.91 Å². The summed E-state index contributed by atoms with van der Waals surface area (Å²) in [6.07, 6.45) is 1.26. The number of carbonyl (C=O) groups is 3. The Balaban J connectivity index is 1.82. The summed E-state index contributed by atoms with van der Waals surface area (Å²) < 4.78 is 0. The third-order valence-corrected chi connectivity index (χ3v) is 5.01. The lowest BCUT2D eigenvalue weighted by Crippen LogP contribution is -2.54. The third-order valence-electron chi connectivity index (χ3n) is 5.01. The topological polar surface area (TPSA) is 89.5 Å². The van der Waals surface area contributed by atoms with Crippen LogP contribution in [0.15, 0.2) is 54.6 Å². The maximum absolute atomic E-state index is 13.1. The van der Waals surface area contributed by atoms with Crippen molar-refractivity contribution < 1.29 is 19.5 Å². The lowest BCUT2D eigenvalue weighted by atomic mass is 10.0. The van der Waals surface area contributed by atoms with Crippen molar-refractivity contribution >= 4 is 17.8 Å². The summed E-state index contributed by atoms with van der Waals surface area (Å²) >= 11 is 0. The number of carboxylic acid groups (broad SMARTS) is 1. The predicted molar refractivity (Wildman–Crippen MR) is 102 cm³/mol. The molecule has 0 aromatic heterocycles. The summed E-state index contributed by atoms with van der Waals surface area (Å²) in [7, 11) is 0. The molecule has 1 aliphatic heterocycles. The molecule has 0 radical (unpaired) electrons. The van der Waals surface area contributed by atoms with Crippen LogP contribution < -0.4 is 10.4 Å². The predicted octanol–water partition coefficient (Wildman–Crippen LogP) is 1.08. The van der Waals surface area contributed by atoms with Gasteiger partial charge in [0.05, 0.1) is 12.0 Å². The Hall–Kier alpha value is -3.15. The van der Waals surface area contributed by atoms with E-state index in [0.29, 0.717) is 24.9 Å². The van der Waals surface area contributed by atoms with Crippen LogP contribution in [-0.4, -0.2) is 41.3 Å². The first-order valence-electron chi connectivity index (χ1n) is 9.38. The monoisotopic (exact) mass is 379 g/mol. The zero-order valence-corrected chi connectivity index (χ0v) is 15.8. The van der Waals surface area contributed by atoms with E-state index in [1.807, 2.05) is 31.2 Å². The molecule has 1 heterocycles. The minimum Gasteiger partial charge on any atom is -0.548 e. The van der Waals surface area contributed by atoms with Gasteiger partial charge in [-0.3, -0.25) is 9.59 Å². The highest BCUT2D eigenvalue weighted by Gasteiger charge is 2.34. The highest BCUT2D eigenvalue weighted by molar-refractivity contribution is 5.98. The number of nitrogens with zero attached hydrogens (tertiary/aromatic N) is 1. The van der Waals surface area contributed by atoms with Gasteiger partial charge in [0.1, 0.15) is 6.04 Å². The molecule has 2 atom stereocenters. The standard InChI is InChI=1S/C22H24N2O4/c1-15-9-11-16(12-10-15)14-18(23-20(25)17-6-3-2-4-7-17)21(26)24-13-5-8-19(24)22(27)28/h2-4,6-7,9-12,18-19H,5,8,13-14H2,1H3,(H,23,25)(H,27,28)/p-1/t18-,19+/m1/s1. The van der Waals surface area contributed by atoms with E-state index in [1.165, 1.54) is 4.90 Å². The van der Waals surface area contributed by atoms with Gasteiger partial charge in [-0.1, -0.05) is 48.0 Å². The average molecular weight is 379 g/mol. The number of likely N-dealkylation sites (tertiary alicyclic amines) is 1. The van der Waals surface area contributed by atoms with Gasteiger partial charge in [-0.2, -0.15) is 0 Å². The van der Waals surface area contributed by atoms with Crippen LogP contribution in [0, 0.1) is 6.92 Å². The van der Waals surface area contributed by atoms with E-state index < -0.39 is 24.0 Å². The number of hydrogen-bond donors (Lipinski definition) is 1. The van der Waals surface area contributed by atoms with E-state index in [4.69, 9.17) is 0 Å². The molecule has 0 saturated carbocycles. The number of hydrogen-bond acceptors (Lipinski definition) is 4. The Bertz CT molecular complexity index is 849. The van der Waals surface area contributed by atoms with Gasteiger partial charge in [-0.15, -0.1) is 0 Å². The maximum atomic E-state index is 13.1. The highest BCUT2D eigenvalue weighted by atomic mass is 16.4. The molecule has 6 heteroatoms. The molecule has 1 fully saturated rings. The molecule has 28 heavy (non-hydrogen) atoms. The van der Waals surface area contributed by atoms with Crippen LogP contribution in [0.25, 0.3) is 0 Å². The number of amides is 2. The second kappa shape index (κ2) is 8.69. The van der Waals surface area contributed by atoms with Crippen molar-refractivity contribution in [2.24, 2.45) is 0 Å². The van der Waals surface area contributed by atoms with E-state index in [2.05, 4.69) is 5.32 Å². The first-order chi connectivity index (χ1) is 13.5. The van der Waals surface area contributed by atoms with Crippen LogP contribution in [-0.2, 0) is 16.0 Å². The van der Waals surface area contributed by atoms with Gasteiger partial charge in [-0.05, 0) is 37.5 Å². The first-order valence-corrected chi connectivity index (χ1v) is 9.38. The molecule has 1 aliphatic rings. The Morgan fingerprint density at radius 3 is 2.43 bits per heavy atom. The van der Waals surface area contributed by atoms with E-state index in [0.717, 1.165) is 11.1 Å². The normalized spacial score (nSPS) is 17.2. The summed E-state index contributed by atoms with van der Waals surface area (Å²) in [6, 6.07) is 14.5. The molecule has 0 unspecified atom stereocenters. The summed E-state index contributed by atoms with van der Waals surface area (Å²) in [6.45, 7) is 2.32. The minimum absolute atomic E-state index is 0.286. The van der Waals surface area contributed by atoms with Gasteiger partial charge in [0.15, 0.2) is 0 Å². The smallest absolute Gasteiger partial charge is 0.251 e. The zero-order valence-electron chi connectivity index (χ0n) is 15.8. The van der Waals surface area contributed by atoms with Crippen LogP contribution in [0.1, 0.15) is 34.3 Å². The van der Waals surface area contributed by atoms with Gasteiger partial charge < -0.3 is 20.1 Å². The second-order valence-electron chi connectivity index (χ2n) is 7.09. The molecule has 0 spiro atoms. The number of nitrogens with one attached hydrogen (secondary N) is 1. The summed E-state index contributed by atoms with van der Waals surface area (Å²) in [5.41, 5.74) is 2.43. The van der Waals surface area contributed by atoms with E-state index in [9.17, 15) is 19.5 Å². The van der Waals surface area contributed by atoms with Gasteiger partial charge in [0, 0.05) is 18.5 Å². The molecular weight excluding hydrogens is 356 g/mol. The van der Waals surface area contributed by atoms with Gasteiger partial charge >= 0.3 is 0 Å². The SMILES string of the molecule is Cc1ccc(C[C@@H](NC(=O)c2ccccc2)C(=O)N2CCC[C@H]2C(=O)[O-])cc1. The van der Waals surface area contributed by atoms with Gasteiger partial charge in [0.2, 0.25) is 5.91 Å². The van der Waals surface area contributed by atoms with Gasteiger partial charge in [-0.25, -0.2) is 0 Å². The number of carboxylic acids is 1. The lowest BCUT2D eigenvalue weighted by molar-refractivity contribution is -0.310. The van der Waals surface area contributed by atoms with Crippen molar-refractivity contribution in [2.45, 2.75) is 38.3 Å². The minimum atomic E-state index is -1.26.